The van der Waals surface area contributed by atoms with Gasteiger partial charge in [0.15, 0.2) is 0 Å². The van der Waals surface area contributed by atoms with Crippen molar-refractivity contribution in [3.63, 3.8) is 0 Å². The van der Waals surface area contributed by atoms with E-state index < -0.39 is 21.5 Å². The number of nitrogens with one attached hydrogen (secondary N) is 2. The summed E-state index contributed by atoms with van der Waals surface area (Å²) in [7, 11) is -4.11. The number of fused-ring (bicyclic) bond motifs is 2. The molecule has 1 atom stereocenters. The zero-order chi connectivity index (χ0) is 26.6. The first-order valence-corrected chi connectivity index (χ1v) is 13.3. The number of H-pyrrole nitrogens is 1. The number of hydrogen-bond donors (Lipinski definition) is 2. The lowest BCUT2D eigenvalue weighted by molar-refractivity contribution is -0.134. The van der Waals surface area contributed by atoms with Crippen LogP contribution in [0.15, 0.2) is 54.7 Å². The van der Waals surface area contributed by atoms with Crippen molar-refractivity contribution < 1.29 is 31.1 Å². The Labute approximate surface area is 213 Å². The Hall–Kier alpha value is -3.15. The summed E-state index contributed by atoms with van der Waals surface area (Å²) in [6, 6.07) is 13.6. The summed E-state index contributed by atoms with van der Waals surface area (Å²) in [5, 5.41) is 1.08. The highest BCUT2D eigenvalue weighted by atomic mass is 32.2. The molecule has 0 bridgehead atoms. The highest BCUT2D eigenvalue weighted by Crippen LogP contribution is 2.36. The van der Waals surface area contributed by atoms with Crippen LogP contribution in [0.1, 0.15) is 34.7 Å². The van der Waals surface area contributed by atoms with Gasteiger partial charge in [-0.25, -0.2) is 17.9 Å². The van der Waals surface area contributed by atoms with Gasteiger partial charge in [-0.3, -0.25) is 4.90 Å². The molecule has 4 rings (SSSR count). The zero-order valence-electron chi connectivity index (χ0n) is 20.2. The summed E-state index contributed by atoms with van der Waals surface area (Å²) in [5.74, 6) is -0.455. The van der Waals surface area contributed by atoms with E-state index in [0.717, 1.165) is 46.0 Å². The Morgan fingerprint density at radius 3 is 2.76 bits per heavy atom. The van der Waals surface area contributed by atoms with E-state index in [9.17, 15) is 26.4 Å². The number of aromatic amines is 1. The molecule has 198 valence electrons. The van der Waals surface area contributed by atoms with Crippen molar-refractivity contribution in [2.45, 2.75) is 30.8 Å². The number of sulfonamides is 1. The van der Waals surface area contributed by atoms with Gasteiger partial charge >= 0.3 is 21.5 Å². The van der Waals surface area contributed by atoms with Crippen molar-refractivity contribution in [2.24, 2.45) is 0 Å². The van der Waals surface area contributed by atoms with Gasteiger partial charge in [0.05, 0.1) is 7.11 Å². The minimum absolute atomic E-state index is 0.0748. The molecule has 0 saturated carbocycles. The van der Waals surface area contributed by atoms with E-state index in [1.807, 2.05) is 53.6 Å². The third kappa shape index (κ3) is 6.23. The molecule has 2 N–H and O–H groups in total. The number of aromatic nitrogens is 1. The average molecular weight is 536 g/mol. The van der Waals surface area contributed by atoms with Gasteiger partial charge in [-0.15, -0.1) is 0 Å². The fourth-order valence-corrected chi connectivity index (χ4v) is 5.29. The van der Waals surface area contributed by atoms with Crippen LogP contribution < -0.4 is 4.72 Å². The Kier molecular flexibility index (Phi) is 8.05. The smallest absolute Gasteiger partial charge is 0.466 e. The van der Waals surface area contributed by atoms with Crippen LogP contribution >= 0.6 is 0 Å². The van der Waals surface area contributed by atoms with Crippen LogP contribution in [-0.4, -0.2) is 56.5 Å². The number of aryl methyl sites for hydroxylation is 1. The molecule has 0 radical (unpaired) electrons. The van der Waals surface area contributed by atoms with Crippen LogP contribution in [0.25, 0.3) is 17.0 Å². The first-order chi connectivity index (χ1) is 17.6. The minimum Gasteiger partial charge on any atom is -0.466 e. The lowest BCUT2D eigenvalue weighted by Crippen LogP contribution is -2.42. The molecule has 7 nitrogen and oxygen atoms in total. The number of halogens is 3. The lowest BCUT2D eigenvalue weighted by atomic mass is 10.0. The van der Waals surface area contributed by atoms with Gasteiger partial charge < -0.3 is 9.72 Å². The Balaban J connectivity index is 1.53. The van der Waals surface area contributed by atoms with Crippen molar-refractivity contribution in [3.05, 3.63) is 77.0 Å². The van der Waals surface area contributed by atoms with E-state index in [4.69, 9.17) is 0 Å². The number of carbonyl (C=O) groups excluding carboxylic acids is 1. The summed E-state index contributed by atoms with van der Waals surface area (Å²) < 4.78 is 67.8. The molecule has 3 aromatic rings. The largest absolute Gasteiger partial charge is 0.511 e. The number of carbonyl (C=O) groups is 1. The molecule has 0 fully saturated rings. The number of ether oxygens (including phenoxy) is 1. The van der Waals surface area contributed by atoms with Crippen LogP contribution in [-0.2, 0) is 32.4 Å². The van der Waals surface area contributed by atoms with Crippen LogP contribution in [0.2, 0.25) is 0 Å². The van der Waals surface area contributed by atoms with E-state index >= 15 is 0 Å². The van der Waals surface area contributed by atoms with E-state index in [2.05, 4.69) is 9.72 Å². The molecule has 1 unspecified atom stereocenters. The Morgan fingerprint density at radius 1 is 1.22 bits per heavy atom. The molecular formula is C26H28F3N3O4S. The molecule has 0 spiro atoms. The summed E-state index contributed by atoms with van der Waals surface area (Å²) in [6.07, 6.45) is 7.09. The van der Waals surface area contributed by atoms with Crippen molar-refractivity contribution in [1.29, 1.82) is 0 Å². The fourth-order valence-electron chi connectivity index (χ4n) is 4.76. The zero-order valence-corrected chi connectivity index (χ0v) is 21.0. The Bertz CT molecular complexity index is 1400. The van der Waals surface area contributed by atoms with Crippen LogP contribution in [0.3, 0.4) is 0 Å². The van der Waals surface area contributed by atoms with Gasteiger partial charge in [0.25, 0.3) is 0 Å². The second-order valence-corrected chi connectivity index (χ2v) is 10.6. The molecule has 2 aromatic carbocycles. The van der Waals surface area contributed by atoms with Gasteiger partial charge in [-0.2, -0.15) is 13.2 Å². The SMILES string of the molecule is COC(=O)C=Cc1ccc2c(c1)CCC2N(CCNS(=O)(=O)C(F)(F)F)CCc1c[nH]c2ccccc12. The summed E-state index contributed by atoms with van der Waals surface area (Å²) >= 11 is 0. The van der Waals surface area contributed by atoms with Crippen molar-refractivity contribution in [1.82, 2.24) is 14.6 Å². The first kappa shape index (κ1) is 26.9. The second kappa shape index (κ2) is 11.1. The summed E-state index contributed by atoms with van der Waals surface area (Å²) in [4.78, 5) is 16.7. The lowest BCUT2D eigenvalue weighted by Gasteiger charge is -2.30. The van der Waals surface area contributed by atoms with Gasteiger partial charge in [0.1, 0.15) is 0 Å². The minimum atomic E-state index is -5.41. The molecule has 1 aromatic heterocycles. The van der Waals surface area contributed by atoms with E-state index in [-0.39, 0.29) is 19.1 Å². The van der Waals surface area contributed by atoms with Crippen LogP contribution in [0, 0.1) is 0 Å². The number of methoxy groups -OCH3 is 1. The second-order valence-electron chi connectivity index (χ2n) is 8.86. The number of hydrogen-bond acceptors (Lipinski definition) is 5. The standard InChI is InChI=1S/C26H28F3N3O4S/c1-36-25(33)11-7-18-6-9-22-19(16-18)8-10-24(22)32(15-13-31-37(34,35)26(27,28)29)14-12-20-17-30-23-5-3-2-4-21(20)23/h2-7,9,11,16-17,24,30-31H,8,10,12-15H2,1H3. The third-order valence-corrected chi connectivity index (χ3v) is 7.80. The molecule has 0 aliphatic heterocycles. The van der Waals surface area contributed by atoms with E-state index in [1.165, 1.54) is 13.2 Å². The molecule has 0 saturated heterocycles. The highest BCUT2D eigenvalue weighted by molar-refractivity contribution is 7.90. The van der Waals surface area contributed by atoms with Crippen molar-refractivity contribution in [2.75, 3.05) is 26.7 Å². The van der Waals surface area contributed by atoms with Gasteiger partial charge in [-0.1, -0.05) is 36.4 Å². The maximum absolute atomic E-state index is 12.8. The quantitative estimate of drug-likeness (QED) is 0.298. The normalized spacial score (nSPS) is 16.1. The maximum atomic E-state index is 12.8. The van der Waals surface area contributed by atoms with Gasteiger partial charge in [0, 0.05) is 48.9 Å². The number of esters is 1. The molecule has 1 aliphatic carbocycles. The van der Waals surface area contributed by atoms with Crippen molar-refractivity contribution in [3.8, 4) is 0 Å². The van der Waals surface area contributed by atoms with Crippen LogP contribution in [0.4, 0.5) is 13.2 Å². The maximum Gasteiger partial charge on any atom is 0.511 e. The molecular weight excluding hydrogens is 507 g/mol. The van der Waals surface area contributed by atoms with Crippen molar-refractivity contribution >= 4 is 33.0 Å². The predicted molar refractivity (Wildman–Crippen MR) is 135 cm³/mol. The molecule has 1 aliphatic rings. The Morgan fingerprint density at radius 2 is 2.00 bits per heavy atom. The van der Waals surface area contributed by atoms with Crippen LogP contribution in [0.5, 0.6) is 0 Å². The molecule has 1 heterocycles. The third-order valence-electron chi connectivity index (χ3n) is 6.61. The number of rotatable bonds is 10. The highest BCUT2D eigenvalue weighted by Gasteiger charge is 2.45. The topological polar surface area (TPSA) is 91.5 Å². The summed E-state index contributed by atoms with van der Waals surface area (Å²) in [5.41, 5.74) is -0.291. The predicted octanol–water partition coefficient (Wildman–Crippen LogP) is 4.33. The first-order valence-electron chi connectivity index (χ1n) is 11.8. The summed E-state index contributed by atoms with van der Waals surface area (Å²) in [6.45, 7) is 0.289. The number of nitrogens with zero attached hydrogens (tertiary/aromatic N) is 1. The number of alkyl halides is 3. The van der Waals surface area contributed by atoms with E-state index in [1.54, 1.807) is 10.8 Å². The van der Waals surface area contributed by atoms with Gasteiger partial charge in [0.2, 0.25) is 0 Å². The number of para-hydroxylation sites is 1. The monoisotopic (exact) mass is 535 g/mol. The molecule has 11 heteroatoms. The average Bonchev–Trinajstić information content (AvgIpc) is 3.47. The molecule has 37 heavy (non-hydrogen) atoms. The molecule has 0 amide bonds. The van der Waals surface area contributed by atoms with Gasteiger partial charge in [-0.05, 0) is 53.7 Å². The van der Waals surface area contributed by atoms with E-state index in [0.29, 0.717) is 13.0 Å². The fraction of sp³-hybridized carbons (Fsp3) is 0.346. The number of benzene rings is 2.